The van der Waals surface area contributed by atoms with Gasteiger partial charge in [0.15, 0.2) is 0 Å². The molecule has 5 heteroatoms. The van der Waals surface area contributed by atoms with E-state index < -0.39 is 0 Å². The van der Waals surface area contributed by atoms with E-state index in [0.717, 1.165) is 6.42 Å². The summed E-state index contributed by atoms with van der Waals surface area (Å²) in [6, 6.07) is 10.1. The van der Waals surface area contributed by atoms with Crippen LogP contribution in [-0.2, 0) is 16.0 Å². The van der Waals surface area contributed by atoms with Crippen molar-refractivity contribution in [1.82, 2.24) is 9.80 Å². The molecule has 2 amide bonds. The molecule has 0 aliphatic carbocycles. The van der Waals surface area contributed by atoms with Crippen molar-refractivity contribution < 1.29 is 9.59 Å². The molecule has 0 radical (unpaired) electrons. The summed E-state index contributed by atoms with van der Waals surface area (Å²) in [6.07, 6.45) is 1.14. The Kier molecular flexibility index (Phi) is 5.95. The molecular weight excluding hydrogens is 278 g/mol. The summed E-state index contributed by atoms with van der Waals surface area (Å²) in [4.78, 5) is 28.0. The van der Waals surface area contributed by atoms with E-state index >= 15 is 0 Å². The maximum Gasteiger partial charge on any atom is 0.228 e. The molecule has 2 rings (SSSR count). The molecule has 0 aromatic heterocycles. The number of rotatable bonds is 7. The molecule has 0 spiro atoms. The zero-order valence-electron chi connectivity index (χ0n) is 13.2. The van der Waals surface area contributed by atoms with Crippen LogP contribution in [0, 0.1) is 5.92 Å². The highest BCUT2D eigenvalue weighted by atomic mass is 16.2. The molecule has 0 bridgehead atoms. The van der Waals surface area contributed by atoms with Crippen molar-refractivity contribution in [1.29, 1.82) is 0 Å². The Labute approximate surface area is 132 Å². The van der Waals surface area contributed by atoms with Gasteiger partial charge in [-0.1, -0.05) is 30.3 Å². The van der Waals surface area contributed by atoms with E-state index in [1.54, 1.807) is 4.90 Å². The summed E-state index contributed by atoms with van der Waals surface area (Å²) in [7, 11) is 0. The lowest BCUT2D eigenvalue weighted by Crippen LogP contribution is -2.41. The molecule has 1 aliphatic heterocycles. The summed E-state index contributed by atoms with van der Waals surface area (Å²) in [6.45, 7) is 4.79. The van der Waals surface area contributed by atoms with E-state index in [1.165, 1.54) is 5.56 Å². The van der Waals surface area contributed by atoms with Crippen LogP contribution in [0.5, 0.6) is 0 Å². The van der Waals surface area contributed by atoms with Gasteiger partial charge in [0.1, 0.15) is 0 Å². The third-order valence-electron chi connectivity index (χ3n) is 4.17. The summed E-state index contributed by atoms with van der Waals surface area (Å²) >= 11 is 0. The average Bonchev–Trinajstić information content (AvgIpc) is 2.92. The summed E-state index contributed by atoms with van der Waals surface area (Å²) in [5, 5.41) is 0. The maximum atomic E-state index is 12.7. The number of benzene rings is 1. The van der Waals surface area contributed by atoms with Gasteiger partial charge < -0.3 is 15.5 Å². The third-order valence-corrected chi connectivity index (χ3v) is 4.17. The van der Waals surface area contributed by atoms with E-state index in [-0.39, 0.29) is 17.7 Å². The number of likely N-dealkylation sites (tertiary alicyclic amines) is 1. The predicted molar refractivity (Wildman–Crippen MR) is 86.1 cm³/mol. The lowest BCUT2D eigenvalue weighted by atomic mass is 10.1. The van der Waals surface area contributed by atoms with Crippen molar-refractivity contribution in [2.24, 2.45) is 11.7 Å². The van der Waals surface area contributed by atoms with Crippen LogP contribution in [0.4, 0.5) is 0 Å². The Hall–Kier alpha value is -1.88. The smallest absolute Gasteiger partial charge is 0.228 e. The van der Waals surface area contributed by atoms with Gasteiger partial charge in [0.05, 0.1) is 5.92 Å². The van der Waals surface area contributed by atoms with Gasteiger partial charge in [0.25, 0.3) is 0 Å². The Balaban J connectivity index is 1.95. The first-order chi connectivity index (χ1) is 10.7. The van der Waals surface area contributed by atoms with Crippen LogP contribution in [0.15, 0.2) is 30.3 Å². The van der Waals surface area contributed by atoms with Crippen molar-refractivity contribution in [3.05, 3.63) is 35.9 Å². The molecule has 1 saturated heterocycles. The topological polar surface area (TPSA) is 66.6 Å². The van der Waals surface area contributed by atoms with Crippen LogP contribution in [0.2, 0.25) is 0 Å². The Morgan fingerprint density at radius 3 is 2.64 bits per heavy atom. The van der Waals surface area contributed by atoms with E-state index in [0.29, 0.717) is 39.1 Å². The molecule has 0 saturated carbocycles. The first-order valence-electron chi connectivity index (χ1n) is 7.96. The first-order valence-corrected chi connectivity index (χ1v) is 7.96. The van der Waals surface area contributed by atoms with Crippen LogP contribution in [-0.4, -0.2) is 54.3 Å². The SMILES string of the molecule is CCN1CC(C(=O)N(CCN)CCc2ccccc2)CC1=O. The Bertz CT molecular complexity index is 504. The lowest BCUT2D eigenvalue weighted by Gasteiger charge is -2.25. The number of nitrogens with two attached hydrogens (primary N) is 1. The maximum absolute atomic E-state index is 12.7. The summed E-state index contributed by atoms with van der Waals surface area (Å²) < 4.78 is 0. The molecule has 5 nitrogen and oxygen atoms in total. The molecule has 2 N–H and O–H groups in total. The van der Waals surface area contributed by atoms with Crippen molar-refractivity contribution >= 4 is 11.8 Å². The highest BCUT2D eigenvalue weighted by Gasteiger charge is 2.35. The van der Waals surface area contributed by atoms with E-state index in [2.05, 4.69) is 12.1 Å². The van der Waals surface area contributed by atoms with Crippen LogP contribution >= 0.6 is 0 Å². The lowest BCUT2D eigenvalue weighted by molar-refractivity contribution is -0.135. The van der Waals surface area contributed by atoms with Crippen LogP contribution in [0.25, 0.3) is 0 Å². The van der Waals surface area contributed by atoms with Gasteiger partial charge >= 0.3 is 0 Å². The second-order valence-corrected chi connectivity index (χ2v) is 5.68. The standard InChI is InChI=1S/C17H25N3O2/c1-2-19-13-15(12-16(19)21)17(22)20(11-9-18)10-8-14-6-4-3-5-7-14/h3-7,15H,2,8-13,18H2,1H3. The number of nitrogens with zero attached hydrogens (tertiary/aromatic N) is 2. The largest absolute Gasteiger partial charge is 0.342 e. The van der Waals surface area contributed by atoms with Gasteiger partial charge in [0, 0.05) is 39.1 Å². The van der Waals surface area contributed by atoms with E-state index in [9.17, 15) is 9.59 Å². The third kappa shape index (κ3) is 4.07. The molecule has 1 heterocycles. The fraction of sp³-hybridized carbons (Fsp3) is 0.529. The van der Waals surface area contributed by atoms with E-state index in [4.69, 9.17) is 5.73 Å². The van der Waals surface area contributed by atoms with Gasteiger partial charge in [0.2, 0.25) is 11.8 Å². The Morgan fingerprint density at radius 1 is 1.32 bits per heavy atom. The molecule has 1 aliphatic rings. The minimum Gasteiger partial charge on any atom is -0.342 e. The molecule has 1 aromatic rings. The molecule has 22 heavy (non-hydrogen) atoms. The van der Waals surface area contributed by atoms with Gasteiger partial charge in [-0.2, -0.15) is 0 Å². The summed E-state index contributed by atoms with van der Waals surface area (Å²) in [5.74, 6) is -0.0722. The zero-order valence-corrected chi connectivity index (χ0v) is 13.2. The first kappa shape index (κ1) is 16.5. The predicted octanol–water partition coefficient (Wildman–Crippen LogP) is 0.885. The molecule has 1 atom stereocenters. The molecule has 1 fully saturated rings. The number of hydrogen-bond acceptors (Lipinski definition) is 3. The second kappa shape index (κ2) is 7.94. The zero-order chi connectivity index (χ0) is 15.9. The van der Waals surface area contributed by atoms with Gasteiger partial charge in [-0.3, -0.25) is 9.59 Å². The van der Waals surface area contributed by atoms with Crippen LogP contribution in [0.1, 0.15) is 18.9 Å². The van der Waals surface area contributed by atoms with Gasteiger partial charge in [-0.15, -0.1) is 0 Å². The second-order valence-electron chi connectivity index (χ2n) is 5.68. The van der Waals surface area contributed by atoms with Crippen molar-refractivity contribution in [3.8, 4) is 0 Å². The monoisotopic (exact) mass is 303 g/mol. The number of amides is 2. The summed E-state index contributed by atoms with van der Waals surface area (Å²) in [5.41, 5.74) is 6.85. The van der Waals surface area contributed by atoms with Gasteiger partial charge in [-0.05, 0) is 18.9 Å². The van der Waals surface area contributed by atoms with Crippen LogP contribution in [0.3, 0.4) is 0 Å². The molecule has 120 valence electrons. The van der Waals surface area contributed by atoms with Crippen molar-refractivity contribution in [2.45, 2.75) is 19.8 Å². The van der Waals surface area contributed by atoms with Crippen molar-refractivity contribution in [3.63, 3.8) is 0 Å². The Morgan fingerprint density at radius 2 is 2.05 bits per heavy atom. The average molecular weight is 303 g/mol. The number of carbonyl (C=O) groups is 2. The number of carbonyl (C=O) groups excluding carboxylic acids is 2. The highest BCUT2D eigenvalue weighted by Crippen LogP contribution is 2.20. The normalized spacial score (nSPS) is 17.8. The molecular formula is C17H25N3O2. The van der Waals surface area contributed by atoms with Crippen molar-refractivity contribution in [2.75, 3.05) is 32.7 Å². The fourth-order valence-corrected chi connectivity index (χ4v) is 2.90. The number of hydrogen-bond donors (Lipinski definition) is 1. The quantitative estimate of drug-likeness (QED) is 0.813. The van der Waals surface area contributed by atoms with Gasteiger partial charge in [-0.25, -0.2) is 0 Å². The molecule has 1 aromatic carbocycles. The van der Waals surface area contributed by atoms with Crippen LogP contribution < -0.4 is 5.73 Å². The minimum absolute atomic E-state index is 0.0608. The minimum atomic E-state index is -0.213. The molecule has 1 unspecified atom stereocenters. The fourth-order valence-electron chi connectivity index (χ4n) is 2.90. The highest BCUT2D eigenvalue weighted by molar-refractivity contribution is 5.89. The van der Waals surface area contributed by atoms with E-state index in [1.807, 2.05) is 30.0 Å².